The monoisotopic (exact) mass is 266 g/mol. The minimum Gasteiger partial charge on any atom is -0.467 e. The summed E-state index contributed by atoms with van der Waals surface area (Å²) in [5.74, 6) is 0.628. The van der Waals surface area contributed by atoms with E-state index in [0.29, 0.717) is 24.4 Å². The van der Waals surface area contributed by atoms with Crippen LogP contribution in [0.25, 0.3) is 0 Å². The Morgan fingerprint density at radius 1 is 1.32 bits per heavy atom. The van der Waals surface area contributed by atoms with Gasteiger partial charge in [0.25, 0.3) is 0 Å². The maximum absolute atomic E-state index is 9.79. The standard InChI is InChI=1S/C16H26O3/c1-13(2)19-14(3)9-6-4-5-7-10-15(17)16-11-8-12-18-16/h5,7-8,11-15,17H,4,6,9-10H2,1-3H3/b7-5-. The molecule has 0 fully saturated rings. The molecule has 0 aliphatic heterocycles. The van der Waals surface area contributed by atoms with Crippen molar-refractivity contribution >= 4 is 0 Å². The van der Waals surface area contributed by atoms with Crippen LogP contribution in [0.2, 0.25) is 0 Å². The Labute approximate surface area is 116 Å². The van der Waals surface area contributed by atoms with Crippen LogP contribution in [0.1, 0.15) is 58.3 Å². The Morgan fingerprint density at radius 2 is 2.11 bits per heavy atom. The summed E-state index contributed by atoms with van der Waals surface area (Å²) in [4.78, 5) is 0. The molecule has 3 nitrogen and oxygen atoms in total. The first-order chi connectivity index (χ1) is 9.09. The van der Waals surface area contributed by atoms with E-state index in [1.165, 1.54) is 0 Å². The number of furan rings is 1. The maximum atomic E-state index is 9.79. The maximum Gasteiger partial charge on any atom is 0.132 e. The van der Waals surface area contributed by atoms with Crippen molar-refractivity contribution in [2.45, 2.75) is 64.8 Å². The second-order valence-corrected chi connectivity index (χ2v) is 5.16. The summed E-state index contributed by atoms with van der Waals surface area (Å²) in [6.45, 7) is 6.24. The van der Waals surface area contributed by atoms with Gasteiger partial charge in [-0.1, -0.05) is 12.2 Å². The van der Waals surface area contributed by atoms with Gasteiger partial charge in [0.1, 0.15) is 11.9 Å². The number of hydrogen-bond donors (Lipinski definition) is 1. The van der Waals surface area contributed by atoms with E-state index < -0.39 is 6.10 Å². The Kier molecular flexibility index (Phi) is 7.53. The summed E-state index contributed by atoms with van der Waals surface area (Å²) in [5, 5.41) is 9.79. The first kappa shape index (κ1) is 16.0. The third-order valence-electron chi connectivity index (χ3n) is 2.88. The Balaban J connectivity index is 2.08. The fourth-order valence-corrected chi connectivity index (χ4v) is 2.00. The van der Waals surface area contributed by atoms with Gasteiger partial charge in [-0.05, 0) is 58.6 Å². The smallest absolute Gasteiger partial charge is 0.132 e. The first-order valence-corrected chi connectivity index (χ1v) is 7.11. The number of allylic oxidation sites excluding steroid dienone is 1. The van der Waals surface area contributed by atoms with Crippen LogP contribution < -0.4 is 0 Å². The summed E-state index contributed by atoms with van der Waals surface area (Å²) >= 11 is 0. The van der Waals surface area contributed by atoms with Crippen LogP contribution >= 0.6 is 0 Å². The van der Waals surface area contributed by atoms with Gasteiger partial charge in [-0.2, -0.15) is 0 Å². The highest BCUT2D eigenvalue weighted by Crippen LogP contribution is 2.17. The van der Waals surface area contributed by atoms with Crippen LogP contribution in [-0.2, 0) is 4.74 Å². The molecule has 1 rings (SSSR count). The molecule has 2 atom stereocenters. The topological polar surface area (TPSA) is 42.6 Å². The molecule has 3 heteroatoms. The van der Waals surface area contributed by atoms with Gasteiger partial charge in [0, 0.05) is 0 Å². The summed E-state index contributed by atoms with van der Waals surface area (Å²) < 4.78 is 10.8. The van der Waals surface area contributed by atoms with E-state index in [0.717, 1.165) is 19.3 Å². The fraction of sp³-hybridized carbons (Fsp3) is 0.625. The van der Waals surface area contributed by atoms with Gasteiger partial charge in [0.2, 0.25) is 0 Å². The lowest BCUT2D eigenvalue weighted by atomic mass is 10.1. The number of hydrogen-bond acceptors (Lipinski definition) is 3. The number of ether oxygens (including phenoxy) is 1. The molecule has 108 valence electrons. The van der Waals surface area contributed by atoms with Crippen molar-refractivity contribution in [1.82, 2.24) is 0 Å². The lowest BCUT2D eigenvalue weighted by Crippen LogP contribution is -2.13. The summed E-state index contributed by atoms with van der Waals surface area (Å²) in [7, 11) is 0. The molecule has 0 aliphatic rings. The highest BCUT2D eigenvalue weighted by atomic mass is 16.5. The highest BCUT2D eigenvalue weighted by molar-refractivity contribution is 5.03. The van der Waals surface area contributed by atoms with Crippen molar-refractivity contribution < 1.29 is 14.3 Å². The molecule has 1 heterocycles. The lowest BCUT2D eigenvalue weighted by Gasteiger charge is -2.15. The minimum atomic E-state index is -0.533. The number of aliphatic hydroxyl groups excluding tert-OH is 1. The molecule has 1 aromatic rings. The SMILES string of the molecule is CC(C)OC(C)CCC/C=C\CC(O)c1ccco1. The summed E-state index contributed by atoms with van der Waals surface area (Å²) in [5.41, 5.74) is 0. The van der Waals surface area contributed by atoms with E-state index in [1.54, 1.807) is 18.4 Å². The second kappa shape index (κ2) is 8.94. The average Bonchev–Trinajstić information content (AvgIpc) is 2.86. The van der Waals surface area contributed by atoms with Gasteiger partial charge in [-0.15, -0.1) is 0 Å². The Morgan fingerprint density at radius 3 is 2.74 bits per heavy atom. The van der Waals surface area contributed by atoms with Crippen LogP contribution in [0, 0.1) is 0 Å². The van der Waals surface area contributed by atoms with Gasteiger partial charge in [0.15, 0.2) is 0 Å². The zero-order valence-corrected chi connectivity index (χ0v) is 12.2. The van der Waals surface area contributed by atoms with E-state index in [1.807, 2.05) is 6.08 Å². The van der Waals surface area contributed by atoms with Crippen LogP contribution in [0.15, 0.2) is 35.0 Å². The van der Waals surface area contributed by atoms with Gasteiger partial charge in [-0.25, -0.2) is 0 Å². The fourth-order valence-electron chi connectivity index (χ4n) is 2.00. The van der Waals surface area contributed by atoms with Gasteiger partial charge >= 0.3 is 0 Å². The summed E-state index contributed by atoms with van der Waals surface area (Å²) in [6, 6.07) is 3.59. The molecule has 1 aromatic heterocycles. The van der Waals surface area contributed by atoms with Gasteiger partial charge < -0.3 is 14.3 Å². The molecular weight excluding hydrogens is 240 g/mol. The molecule has 19 heavy (non-hydrogen) atoms. The van der Waals surface area contributed by atoms with Crippen LogP contribution in [0.4, 0.5) is 0 Å². The Bertz CT molecular complexity index is 341. The molecular formula is C16H26O3. The highest BCUT2D eigenvalue weighted by Gasteiger charge is 2.07. The van der Waals surface area contributed by atoms with Crippen molar-refractivity contribution in [3.63, 3.8) is 0 Å². The predicted octanol–water partition coefficient (Wildman–Crippen LogP) is 4.24. The normalized spacial score (nSPS) is 15.2. The molecule has 0 radical (unpaired) electrons. The molecule has 0 aromatic carbocycles. The number of unbranched alkanes of at least 4 members (excludes halogenated alkanes) is 1. The molecule has 0 saturated heterocycles. The van der Waals surface area contributed by atoms with E-state index in [4.69, 9.17) is 9.15 Å². The van der Waals surface area contributed by atoms with E-state index >= 15 is 0 Å². The number of rotatable bonds is 9. The molecule has 0 amide bonds. The van der Waals surface area contributed by atoms with Crippen molar-refractivity contribution in [3.05, 3.63) is 36.3 Å². The third kappa shape index (κ3) is 7.19. The van der Waals surface area contributed by atoms with Crippen LogP contribution in [0.3, 0.4) is 0 Å². The molecule has 0 spiro atoms. The molecule has 1 N–H and O–H groups in total. The molecule has 0 saturated carbocycles. The zero-order chi connectivity index (χ0) is 14.1. The average molecular weight is 266 g/mol. The van der Waals surface area contributed by atoms with E-state index in [-0.39, 0.29) is 0 Å². The minimum absolute atomic E-state index is 0.300. The summed E-state index contributed by atoms with van der Waals surface area (Å²) in [6.07, 6.45) is 9.62. The zero-order valence-electron chi connectivity index (χ0n) is 12.2. The first-order valence-electron chi connectivity index (χ1n) is 7.11. The van der Waals surface area contributed by atoms with Gasteiger partial charge in [-0.3, -0.25) is 0 Å². The third-order valence-corrected chi connectivity index (χ3v) is 2.88. The van der Waals surface area contributed by atoms with E-state index in [2.05, 4.69) is 26.8 Å². The lowest BCUT2D eigenvalue weighted by molar-refractivity contribution is 0.0136. The molecule has 0 bridgehead atoms. The molecule has 2 unspecified atom stereocenters. The predicted molar refractivity (Wildman–Crippen MR) is 77.0 cm³/mol. The number of aliphatic hydroxyl groups is 1. The van der Waals surface area contributed by atoms with Crippen molar-refractivity contribution in [1.29, 1.82) is 0 Å². The van der Waals surface area contributed by atoms with Crippen molar-refractivity contribution in [2.75, 3.05) is 0 Å². The quantitative estimate of drug-likeness (QED) is 0.537. The van der Waals surface area contributed by atoms with Crippen molar-refractivity contribution in [2.24, 2.45) is 0 Å². The van der Waals surface area contributed by atoms with Crippen LogP contribution in [-0.4, -0.2) is 17.3 Å². The Hall–Kier alpha value is -1.06. The van der Waals surface area contributed by atoms with Crippen LogP contribution in [0.5, 0.6) is 0 Å². The second-order valence-electron chi connectivity index (χ2n) is 5.16. The molecule has 0 aliphatic carbocycles. The largest absolute Gasteiger partial charge is 0.467 e. The van der Waals surface area contributed by atoms with Gasteiger partial charge in [0.05, 0.1) is 18.5 Å². The van der Waals surface area contributed by atoms with Crippen molar-refractivity contribution in [3.8, 4) is 0 Å². The van der Waals surface area contributed by atoms with E-state index in [9.17, 15) is 5.11 Å².